The Hall–Kier alpha value is -2.26. The summed E-state index contributed by atoms with van der Waals surface area (Å²) in [5, 5.41) is 28.7. The highest BCUT2D eigenvalue weighted by molar-refractivity contribution is 5.71. The molecule has 0 saturated heterocycles. The van der Waals surface area contributed by atoms with Gasteiger partial charge in [0, 0.05) is 6.07 Å². The van der Waals surface area contributed by atoms with Crippen molar-refractivity contribution in [1.29, 1.82) is 0 Å². The molecule has 3 nitrogen and oxygen atoms in total. The molecule has 0 aliphatic rings. The molecule has 3 N–H and O–H groups in total. The van der Waals surface area contributed by atoms with Crippen molar-refractivity contribution in [2.45, 2.75) is 45.1 Å². The molecule has 3 heteroatoms. The summed E-state index contributed by atoms with van der Waals surface area (Å²) in [6.45, 7) is 3.69. The fraction of sp³-hybridized carbons (Fsp3) is 0.333. The van der Waals surface area contributed by atoms with E-state index < -0.39 is 5.60 Å². The predicted molar refractivity (Wildman–Crippen MR) is 99.0 cm³/mol. The molecule has 24 heavy (non-hydrogen) atoms. The number of benzene rings is 2. The molecule has 0 amide bonds. The zero-order valence-electron chi connectivity index (χ0n) is 14.4. The lowest BCUT2D eigenvalue weighted by Gasteiger charge is -2.16. The Morgan fingerprint density at radius 1 is 0.875 bits per heavy atom. The van der Waals surface area contributed by atoms with Crippen LogP contribution in [0.25, 0.3) is 12.2 Å². The molecule has 0 aliphatic carbocycles. The maximum absolute atomic E-state index is 9.73. The highest BCUT2D eigenvalue weighted by atomic mass is 16.3. The van der Waals surface area contributed by atoms with E-state index in [4.69, 9.17) is 0 Å². The summed E-state index contributed by atoms with van der Waals surface area (Å²) in [5.41, 5.74) is 2.52. The Bertz CT molecular complexity index is 676. The third kappa shape index (κ3) is 6.47. The zero-order valence-corrected chi connectivity index (χ0v) is 14.4. The van der Waals surface area contributed by atoms with Crippen molar-refractivity contribution < 1.29 is 15.3 Å². The quantitative estimate of drug-likeness (QED) is 0.508. The minimum atomic E-state index is -0.586. The zero-order chi connectivity index (χ0) is 17.6. The lowest BCUT2D eigenvalue weighted by molar-refractivity contribution is 0.0682. The second-order valence-electron chi connectivity index (χ2n) is 6.88. The molecule has 0 saturated carbocycles. The van der Waals surface area contributed by atoms with E-state index in [2.05, 4.69) is 12.1 Å². The third-order valence-corrected chi connectivity index (χ3v) is 3.85. The number of aliphatic hydroxyl groups is 1. The van der Waals surface area contributed by atoms with Crippen molar-refractivity contribution in [2.75, 3.05) is 0 Å². The first-order valence-electron chi connectivity index (χ1n) is 8.34. The molecule has 0 spiro atoms. The predicted octanol–water partition coefficient (Wildman–Crippen LogP) is 4.75. The van der Waals surface area contributed by atoms with Crippen molar-refractivity contribution in [2.24, 2.45) is 0 Å². The fourth-order valence-corrected chi connectivity index (χ4v) is 2.65. The summed E-state index contributed by atoms with van der Waals surface area (Å²) in [6, 6.07) is 12.8. The van der Waals surface area contributed by atoms with Crippen LogP contribution in [0.5, 0.6) is 11.5 Å². The van der Waals surface area contributed by atoms with Gasteiger partial charge in [-0.3, -0.25) is 0 Å². The van der Waals surface area contributed by atoms with Gasteiger partial charge in [-0.2, -0.15) is 0 Å². The van der Waals surface area contributed by atoms with Crippen LogP contribution in [0.3, 0.4) is 0 Å². The molecule has 0 aromatic heterocycles. The van der Waals surface area contributed by atoms with Gasteiger partial charge in [0.1, 0.15) is 11.5 Å². The summed E-state index contributed by atoms with van der Waals surface area (Å²) in [7, 11) is 0. The Morgan fingerprint density at radius 3 is 2.21 bits per heavy atom. The van der Waals surface area contributed by atoms with Gasteiger partial charge in [0.25, 0.3) is 0 Å². The Labute approximate surface area is 143 Å². The SMILES string of the molecule is CC(C)(O)CCCCc1cccc(/C=C/c2cc(O)cc(O)c2)c1. The summed E-state index contributed by atoms with van der Waals surface area (Å²) >= 11 is 0. The number of hydrogen-bond donors (Lipinski definition) is 3. The molecule has 0 aliphatic heterocycles. The first-order valence-corrected chi connectivity index (χ1v) is 8.34. The maximum atomic E-state index is 9.73. The molecule has 0 heterocycles. The second kappa shape index (κ2) is 8.02. The van der Waals surface area contributed by atoms with Crippen LogP contribution in [0.2, 0.25) is 0 Å². The topological polar surface area (TPSA) is 60.7 Å². The van der Waals surface area contributed by atoms with E-state index in [9.17, 15) is 15.3 Å². The van der Waals surface area contributed by atoms with Crippen LogP contribution in [0.15, 0.2) is 42.5 Å². The van der Waals surface area contributed by atoms with Crippen LogP contribution < -0.4 is 0 Å². The summed E-state index contributed by atoms with van der Waals surface area (Å²) in [5.74, 6) is 0.102. The number of unbranched alkanes of at least 4 members (excludes halogenated alkanes) is 1. The second-order valence-corrected chi connectivity index (χ2v) is 6.88. The van der Waals surface area contributed by atoms with Crippen LogP contribution in [-0.4, -0.2) is 20.9 Å². The molecule has 128 valence electrons. The van der Waals surface area contributed by atoms with Gasteiger partial charge in [0.05, 0.1) is 5.60 Å². The van der Waals surface area contributed by atoms with Crippen LogP contribution in [0.1, 0.15) is 49.8 Å². The number of hydrogen-bond acceptors (Lipinski definition) is 3. The Balaban J connectivity index is 1.96. The van der Waals surface area contributed by atoms with Gasteiger partial charge in [0.15, 0.2) is 0 Å². The third-order valence-electron chi connectivity index (χ3n) is 3.85. The van der Waals surface area contributed by atoms with E-state index >= 15 is 0 Å². The van der Waals surface area contributed by atoms with E-state index in [1.807, 2.05) is 38.1 Å². The summed E-state index contributed by atoms with van der Waals surface area (Å²) in [6.07, 6.45) is 7.70. The molecule has 0 radical (unpaired) electrons. The lowest BCUT2D eigenvalue weighted by Crippen LogP contribution is -2.17. The number of aryl methyl sites for hydroxylation is 1. The van der Waals surface area contributed by atoms with Gasteiger partial charge in [-0.15, -0.1) is 0 Å². The standard InChI is InChI=1S/C21H26O3/c1-21(2,24)11-4-3-6-16-7-5-8-17(12-16)9-10-18-13-19(22)15-20(23)14-18/h5,7-10,12-15,22-24H,3-4,6,11H2,1-2H3/b10-9+. The molecular formula is C21H26O3. The van der Waals surface area contributed by atoms with Crippen molar-refractivity contribution >= 4 is 12.2 Å². The molecule has 0 unspecified atom stereocenters. The molecule has 2 rings (SSSR count). The van der Waals surface area contributed by atoms with Crippen molar-refractivity contribution in [1.82, 2.24) is 0 Å². The summed E-state index contributed by atoms with van der Waals surface area (Å²) in [4.78, 5) is 0. The normalized spacial score (nSPS) is 12.0. The van der Waals surface area contributed by atoms with Gasteiger partial charge in [-0.25, -0.2) is 0 Å². The average Bonchev–Trinajstić information content (AvgIpc) is 2.48. The largest absolute Gasteiger partial charge is 0.508 e. The van der Waals surface area contributed by atoms with E-state index in [0.717, 1.165) is 36.8 Å². The first-order chi connectivity index (χ1) is 11.3. The number of aromatic hydroxyl groups is 2. The molecule has 0 bridgehead atoms. The van der Waals surface area contributed by atoms with Crippen molar-refractivity contribution in [3.63, 3.8) is 0 Å². The monoisotopic (exact) mass is 326 g/mol. The van der Waals surface area contributed by atoms with Gasteiger partial charge >= 0.3 is 0 Å². The maximum Gasteiger partial charge on any atom is 0.119 e. The molecule has 2 aromatic carbocycles. The lowest BCUT2D eigenvalue weighted by atomic mass is 9.98. The number of phenolic OH excluding ortho intramolecular Hbond substituents is 2. The molecular weight excluding hydrogens is 300 g/mol. The van der Waals surface area contributed by atoms with Crippen LogP contribution >= 0.6 is 0 Å². The minimum absolute atomic E-state index is 0.0511. The molecule has 0 fully saturated rings. The van der Waals surface area contributed by atoms with Gasteiger partial charge in [-0.1, -0.05) is 42.8 Å². The number of rotatable bonds is 7. The van der Waals surface area contributed by atoms with E-state index in [-0.39, 0.29) is 11.5 Å². The van der Waals surface area contributed by atoms with E-state index in [1.54, 1.807) is 12.1 Å². The van der Waals surface area contributed by atoms with E-state index in [1.165, 1.54) is 11.6 Å². The number of phenols is 2. The van der Waals surface area contributed by atoms with Gasteiger partial charge in [0.2, 0.25) is 0 Å². The highest BCUT2D eigenvalue weighted by Gasteiger charge is 2.10. The average molecular weight is 326 g/mol. The molecule has 0 atom stereocenters. The minimum Gasteiger partial charge on any atom is -0.508 e. The van der Waals surface area contributed by atoms with Crippen molar-refractivity contribution in [3.05, 3.63) is 59.2 Å². The fourth-order valence-electron chi connectivity index (χ4n) is 2.65. The van der Waals surface area contributed by atoms with Crippen molar-refractivity contribution in [3.8, 4) is 11.5 Å². The summed E-state index contributed by atoms with van der Waals surface area (Å²) < 4.78 is 0. The highest BCUT2D eigenvalue weighted by Crippen LogP contribution is 2.22. The Kier molecular flexibility index (Phi) is 6.04. The smallest absolute Gasteiger partial charge is 0.119 e. The Morgan fingerprint density at radius 2 is 1.54 bits per heavy atom. The molecule has 2 aromatic rings. The van der Waals surface area contributed by atoms with Crippen LogP contribution in [0, 0.1) is 0 Å². The van der Waals surface area contributed by atoms with Gasteiger partial charge < -0.3 is 15.3 Å². The van der Waals surface area contributed by atoms with Crippen LogP contribution in [0.4, 0.5) is 0 Å². The van der Waals surface area contributed by atoms with E-state index in [0.29, 0.717) is 0 Å². The first kappa shape index (κ1) is 18.1. The van der Waals surface area contributed by atoms with Crippen LogP contribution in [-0.2, 0) is 6.42 Å². The van der Waals surface area contributed by atoms with Gasteiger partial charge in [-0.05, 0) is 61.9 Å².